The molecule has 2 heterocycles. The van der Waals surface area contributed by atoms with Crippen LogP contribution in [-0.2, 0) is 14.3 Å². The molecule has 3 rings (SSSR count). The first-order chi connectivity index (χ1) is 10.9. The first kappa shape index (κ1) is 18.3. The monoisotopic (exact) mass is 343 g/mol. The number of aliphatic hydroxyl groups excluding tert-OH is 1. The van der Waals surface area contributed by atoms with Gasteiger partial charge in [0.05, 0.1) is 5.92 Å². The summed E-state index contributed by atoms with van der Waals surface area (Å²) in [5.41, 5.74) is -1.57. The van der Waals surface area contributed by atoms with Crippen molar-refractivity contribution in [3.8, 4) is 0 Å². The van der Waals surface area contributed by atoms with Crippen LogP contribution >= 0.6 is 11.6 Å². The van der Waals surface area contributed by atoms with E-state index < -0.39 is 11.1 Å². The lowest BCUT2D eigenvalue weighted by Gasteiger charge is -2.52. The second-order valence-corrected chi connectivity index (χ2v) is 6.94. The number of hydrogen-bond acceptors (Lipinski definition) is 4. The number of nitrogens with one attached hydrogen (secondary N) is 1. The number of ether oxygens (including phenoxy) is 1. The summed E-state index contributed by atoms with van der Waals surface area (Å²) >= 11 is 5.79. The van der Waals surface area contributed by atoms with Crippen LogP contribution in [0.5, 0.6) is 0 Å². The summed E-state index contributed by atoms with van der Waals surface area (Å²) in [6.07, 6.45) is 8.83. The Morgan fingerprint density at radius 1 is 1.48 bits per heavy atom. The third-order valence-corrected chi connectivity index (χ3v) is 5.36. The summed E-state index contributed by atoms with van der Waals surface area (Å²) in [7, 11) is 0. The minimum Gasteiger partial charge on any atom is -0.453 e. The summed E-state index contributed by atoms with van der Waals surface area (Å²) in [6, 6.07) is 0. The third kappa shape index (κ3) is 3.01. The van der Waals surface area contributed by atoms with Crippen molar-refractivity contribution in [2.24, 2.45) is 11.8 Å². The normalized spacial score (nSPS) is 37.9. The zero-order valence-corrected chi connectivity index (χ0v) is 14.6. The zero-order chi connectivity index (χ0) is 17.1. The first-order valence-corrected chi connectivity index (χ1v) is 8.87. The zero-order valence-electron chi connectivity index (χ0n) is 13.8. The van der Waals surface area contributed by atoms with Gasteiger partial charge in [-0.15, -0.1) is 11.6 Å². The van der Waals surface area contributed by atoms with Gasteiger partial charge in [-0.3, -0.25) is 4.79 Å². The molecule has 5 nitrogen and oxygen atoms in total. The van der Waals surface area contributed by atoms with Gasteiger partial charge in [0.15, 0.2) is 11.1 Å². The van der Waals surface area contributed by atoms with Crippen molar-refractivity contribution in [3.63, 3.8) is 0 Å². The molecule has 4 atom stereocenters. The van der Waals surface area contributed by atoms with Crippen LogP contribution in [0.15, 0.2) is 12.2 Å². The van der Waals surface area contributed by atoms with Gasteiger partial charge < -0.3 is 15.2 Å². The maximum atomic E-state index is 12.2. The molecule has 2 N–H and O–H groups in total. The van der Waals surface area contributed by atoms with Crippen LogP contribution in [0.4, 0.5) is 0 Å². The van der Waals surface area contributed by atoms with Crippen molar-refractivity contribution in [3.05, 3.63) is 12.2 Å². The van der Waals surface area contributed by atoms with Crippen molar-refractivity contribution in [1.82, 2.24) is 5.32 Å². The van der Waals surface area contributed by atoms with Crippen molar-refractivity contribution < 1.29 is 19.4 Å². The van der Waals surface area contributed by atoms with Gasteiger partial charge in [0.2, 0.25) is 5.91 Å². The van der Waals surface area contributed by atoms with E-state index in [0.717, 1.165) is 19.3 Å². The molecule has 130 valence electrons. The first-order valence-electron chi connectivity index (χ1n) is 8.34. The van der Waals surface area contributed by atoms with E-state index in [9.17, 15) is 9.59 Å². The summed E-state index contributed by atoms with van der Waals surface area (Å²) in [4.78, 5) is 24.3. The smallest absolute Gasteiger partial charge is 0.336 e. The topological polar surface area (TPSA) is 75.6 Å². The van der Waals surface area contributed by atoms with Crippen molar-refractivity contribution in [2.45, 2.75) is 57.1 Å². The molecule has 0 aromatic heterocycles. The lowest BCUT2D eigenvalue weighted by molar-refractivity contribution is -0.222. The highest BCUT2D eigenvalue weighted by atomic mass is 35.5. The number of esters is 1. The SMILES string of the molecule is CCO.C[C@@]12OC(=O)C1(CC1C=CCCC1)NC(=O)C2CCCl. The third-order valence-electron chi connectivity index (χ3n) is 5.14. The molecule has 0 aromatic rings. The molecule has 1 aliphatic carbocycles. The van der Waals surface area contributed by atoms with Crippen LogP contribution in [0.2, 0.25) is 0 Å². The minimum atomic E-state index is -0.840. The van der Waals surface area contributed by atoms with Crippen LogP contribution in [0.1, 0.15) is 46.0 Å². The van der Waals surface area contributed by atoms with Crippen molar-refractivity contribution in [1.29, 1.82) is 0 Å². The maximum Gasteiger partial charge on any atom is 0.336 e. The Morgan fingerprint density at radius 3 is 2.70 bits per heavy atom. The lowest BCUT2D eigenvalue weighted by Crippen LogP contribution is -2.74. The Kier molecular flexibility index (Phi) is 5.74. The molecule has 23 heavy (non-hydrogen) atoms. The highest BCUT2D eigenvalue weighted by Gasteiger charge is 2.75. The largest absolute Gasteiger partial charge is 0.453 e. The van der Waals surface area contributed by atoms with Gasteiger partial charge in [-0.05, 0) is 51.9 Å². The van der Waals surface area contributed by atoms with E-state index in [1.54, 1.807) is 6.92 Å². The van der Waals surface area contributed by atoms with Gasteiger partial charge in [-0.1, -0.05) is 12.2 Å². The molecular formula is C17H26ClNO4. The molecular weight excluding hydrogens is 318 g/mol. The molecule has 6 heteroatoms. The molecule has 0 bridgehead atoms. The number of rotatable bonds is 4. The average Bonchev–Trinajstić information content (AvgIpc) is 2.68. The number of fused-ring (bicyclic) bond motifs is 1. The quantitative estimate of drug-likeness (QED) is 0.466. The molecule has 2 fully saturated rings. The second-order valence-electron chi connectivity index (χ2n) is 6.56. The molecule has 3 aliphatic rings. The number of aliphatic hydroxyl groups is 1. The number of hydrogen-bond donors (Lipinski definition) is 2. The summed E-state index contributed by atoms with van der Waals surface area (Å²) in [5, 5.41) is 10.5. The molecule has 0 saturated carbocycles. The molecule has 2 saturated heterocycles. The van der Waals surface area contributed by atoms with Gasteiger partial charge in [0, 0.05) is 12.5 Å². The second kappa shape index (κ2) is 7.22. The standard InChI is InChI=1S/C15H20ClNO3.C2H6O/c1-14-11(7-8-16)12(18)17-15(14,13(19)20-14)9-10-5-3-2-4-6-10;1-2-3/h3,5,10-11H,2,4,6-9H2,1H3,(H,17,18);3H,2H2,1H3/t10?,11?,14-,15?;/m0./s1. The molecule has 2 aliphatic heterocycles. The van der Waals surface area contributed by atoms with Gasteiger partial charge in [0.1, 0.15) is 0 Å². The van der Waals surface area contributed by atoms with E-state index >= 15 is 0 Å². The minimum absolute atomic E-state index is 0.0983. The fourth-order valence-corrected chi connectivity index (χ4v) is 4.13. The van der Waals surface area contributed by atoms with Crippen LogP contribution in [0, 0.1) is 11.8 Å². The number of halogens is 1. The Labute approximate surface area is 142 Å². The maximum absolute atomic E-state index is 12.2. The Morgan fingerprint density at radius 2 is 2.17 bits per heavy atom. The average molecular weight is 344 g/mol. The summed E-state index contributed by atoms with van der Waals surface area (Å²) < 4.78 is 5.43. The Hall–Kier alpha value is -1.07. The van der Waals surface area contributed by atoms with Crippen molar-refractivity contribution >= 4 is 23.5 Å². The fourth-order valence-electron chi connectivity index (χ4n) is 3.91. The van der Waals surface area contributed by atoms with Crippen LogP contribution in [0.25, 0.3) is 0 Å². The molecule has 1 amide bonds. The van der Waals surface area contributed by atoms with Gasteiger partial charge in [-0.2, -0.15) is 0 Å². The Bertz CT molecular complexity index is 495. The number of alkyl halides is 1. The molecule has 0 spiro atoms. The van der Waals surface area contributed by atoms with Crippen LogP contribution in [-0.4, -0.2) is 40.6 Å². The number of allylic oxidation sites excluding steroid dienone is 2. The van der Waals surface area contributed by atoms with E-state index in [4.69, 9.17) is 21.4 Å². The lowest BCUT2D eigenvalue weighted by atomic mass is 9.66. The molecule has 0 aromatic carbocycles. The number of carbonyl (C=O) groups excluding carboxylic acids is 2. The highest BCUT2D eigenvalue weighted by molar-refractivity contribution is 6.18. The van der Waals surface area contributed by atoms with Gasteiger partial charge >= 0.3 is 5.97 Å². The van der Waals surface area contributed by atoms with Crippen molar-refractivity contribution in [2.75, 3.05) is 12.5 Å². The fraction of sp³-hybridized carbons (Fsp3) is 0.765. The predicted octanol–water partition coefficient (Wildman–Crippen LogP) is 2.16. The predicted molar refractivity (Wildman–Crippen MR) is 88.1 cm³/mol. The molecule has 0 radical (unpaired) electrons. The van der Waals surface area contributed by atoms with E-state index in [2.05, 4.69) is 17.5 Å². The highest BCUT2D eigenvalue weighted by Crippen LogP contribution is 2.53. The summed E-state index contributed by atoms with van der Waals surface area (Å²) in [5.74, 6) is 0.0180. The number of carbonyl (C=O) groups is 2. The van der Waals surface area contributed by atoms with Crippen LogP contribution < -0.4 is 5.32 Å². The van der Waals surface area contributed by atoms with E-state index in [1.807, 2.05) is 6.92 Å². The van der Waals surface area contributed by atoms with E-state index in [1.165, 1.54) is 0 Å². The summed E-state index contributed by atoms with van der Waals surface area (Å²) in [6.45, 7) is 3.80. The van der Waals surface area contributed by atoms with Gasteiger partial charge in [-0.25, -0.2) is 4.79 Å². The molecule has 3 unspecified atom stereocenters. The number of amides is 1. The Balaban J connectivity index is 0.000000595. The van der Waals surface area contributed by atoms with Gasteiger partial charge in [0.25, 0.3) is 0 Å². The van der Waals surface area contributed by atoms with E-state index in [-0.39, 0.29) is 24.4 Å². The van der Waals surface area contributed by atoms with E-state index in [0.29, 0.717) is 24.6 Å². The van der Waals surface area contributed by atoms with Crippen LogP contribution in [0.3, 0.4) is 0 Å².